The summed E-state index contributed by atoms with van der Waals surface area (Å²) in [6.45, 7) is 6.19. The predicted octanol–water partition coefficient (Wildman–Crippen LogP) is 1.63. The third kappa shape index (κ3) is 9.24. The standard InChI is InChI=1S/C18H32F3N5O2.HI/c1-3-22-17(23-6-9-24(2)14-18(19,20)21)26-7-4-15(5-8-26)16(27)25-10-12-28-13-11-25;/h15H,3-14H2,1-2H3,(H,22,23);1H. The Kier molecular flexibility index (Phi) is 11.6. The molecule has 2 rings (SSSR count). The molecule has 7 nitrogen and oxygen atoms in total. The normalized spacial score (nSPS) is 19.3. The van der Waals surface area contributed by atoms with E-state index < -0.39 is 12.7 Å². The number of rotatable bonds is 6. The average molecular weight is 535 g/mol. The molecule has 0 aromatic heterocycles. The van der Waals surface area contributed by atoms with Gasteiger partial charge in [0, 0.05) is 45.2 Å². The van der Waals surface area contributed by atoms with Gasteiger partial charge in [0.25, 0.3) is 0 Å². The smallest absolute Gasteiger partial charge is 0.378 e. The molecular formula is C18H33F3IN5O2. The van der Waals surface area contributed by atoms with E-state index in [4.69, 9.17) is 4.74 Å². The monoisotopic (exact) mass is 535 g/mol. The fraction of sp³-hybridized carbons (Fsp3) is 0.889. The van der Waals surface area contributed by atoms with Gasteiger partial charge in [-0.2, -0.15) is 13.2 Å². The Morgan fingerprint density at radius 2 is 1.79 bits per heavy atom. The van der Waals surface area contributed by atoms with Gasteiger partial charge in [0.15, 0.2) is 5.96 Å². The van der Waals surface area contributed by atoms with Gasteiger partial charge in [-0.25, -0.2) is 0 Å². The van der Waals surface area contributed by atoms with E-state index in [1.165, 1.54) is 11.9 Å². The molecule has 0 spiro atoms. The number of morpholine rings is 1. The Bertz CT molecular complexity index is 522. The predicted molar refractivity (Wildman–Crippen MR) is 117 cm³/mol. The van der Waals surface area contributed by atoms with Gasteiger partial charge in [-0.15, -0.1) is 24.0 Å². The van der Waals surface area contributed by atoms with Crippen LogP contribution in [0, 0.1) is 5.92 Å². The molecule has 0 radical (unpaired) electrons. The second-order valence-electron chi connectivity index (χ2n) is 7.29. The number of likely N-dealkylation sites (N-methyl/N-ethyl adjacent to an activating group) is 1. The first-order chi connectivity index (χ1) is 13.3. The molecule has 2 aliphatic rings. The highest BCUT2D eigenvalue weighted by Crippen LogP contribution is 2.20. The Morgan fingerprint density at radius 3 is 2.34 bits per heavy atom. The molecule has 2 fully saturated rings. The van der Waals surface area contributed by atoms with Crippen LogP contribution in [-0.4, -0.2) is 105 Å². The molecule has 11 heteroatoms. The molecule has 0 atom stereocenters. The van der Waals surface area contributed by atoms with E-state index in [1.54, 1.807) is 0 Å². The lowest BCUT2D eigenvalue weighted by Crippen LogP contribution is -2.50. The van der Waals surface area contributed by atoms with Gasteiger partial charge in [-0.05, 0) is 26.8 Å². The van der Waals surface area contributed by atoms with Crippen LogP contribution >= 0.6 is 24.0 Å². The molecule has 2 saturated heterocycles. The number of carbonyl (C=O) groups is 1. The number of amides is 1. The maximum Gasteiger partial charge on any atom is 0.401 e. The number of hydrogen-bond acceptors (Lipinski definition) is 4. The largest absolute Gasteiger partial charge is 0.401 e. The number of aliphatic imine (C=N–C) groups is 1. The summed E-state index contributed by atoms with van der Waals surface area (Å²) in [6.07, 6.45) is -2.68. The van der Waals surface area contributed by atoms with Crippen molar-refractivity contribution in [3.8, 4) is 0 Å². The van der Waals surface area contributed by atoms with Gasteiger partial charge in [0.1, 0.15) is 0 Å². The van der Waals surface area contributed by atoms with E-state index >= 15 is 0 Å². The maximum absolute atomic E-state index is 12.6. The second kappa shape index (κ2) is 12.8. The number of nitrogens with one attached hydrogen (secondary N) is 1. The Balaban J connectivity index is 0.00000420. The lowest BCUT2D eigenvalue weighted by atomic mass is 9.95. The summed E-state index contributed by atoms with van der Waals surface area (Å²) >= 11 is 0. The van der Waals surface area contributed by atoms with Crippen molar-refractivity contribution < 1.29 is 22.7 Å². The molecule has 0 bridgehead atoms. The van der Waals surface area contributed by atoms with Crippen LogP contribution in [0.25, 0.3) is 0 Å². The summed E-state index contributed by atoms with van der Waals surface area (Å²) in [6, 6.07) is 0. The van der Waals surface area contributed by atoms with Crippen molar-refractivity contribution in [1.82, 2.24) is 20.0 Å². The summed E-state index contributed by atoms with van der Waals surface area (Å²) in [7, 11) is 1.44. The minimum atomic E-state index is -4.20. The fourth-order valence-electron chi connectivity index (χ4n) is 3.52. The van der Waals surface area contributed by atoms with Crippen LogP contribution in [0.15, 0.2) is 4.99 Å². The highest BCUT2D eigenvalue weighted by atomic mass is 127. The molecule has 1 amide bonds. The Morgan fingerprint density at radius 1 is 1.17 bits per heavy atom. The minimum Gasteiger partial charge on any atom is -0.378 e. The summed E-state index contributed by atoms with van der Waals surface area (Å²) in [4.78, 5) is 22.3. The van der Waals surface area contributed by atoms with Crippen LogP contribution in [-0.2, 0) is 9.53 Å². The van der Waals surface area contributed by atoms with Crippen molar-refractivity contribution in [2.75, 3.05) is 72.6 Å². The molecule has 1 N–H and O–H groups in total. The number of carbonyl (C=O) groups excluding carboxylic acids is 1. The minimum absolute atomic E-state index is 0. The van der Waals surface area contributed by atoms with E-state index in [-0.39, 0.29) is 42.3 Å². The van der Waals surface area contributed by atoms with E-state index in [1.807, 2.05) is 11.8 Å². The van der Waals surface area contributed by atoms with Crippen molar-refractivity contribution in [1.29, 1.82) is 0 Å². The van der Waals surface area contributed by atoms with Crippen LogP contribution < -0.4 is 5.32 Å². The zero-order valence-corrected chi connectivity index (χ0v) is 19.5. The molecule has 170 valence electrons. The van der Waals surface area contributed by atoms with Crippen LogP contribution in [0.1, 0.15) is 19.8 Å². The molecule has 0 unspecified atom stereocenters. The zero-order chi connectivity index (χ0) is 20.6. The Labute approximate surface area is 188 Å². The SMILES string of the molecule is CCNC(=NCCN(C)CC(F)(F)F)N1CCC(C(=O)N2CCOCC2)CC1.I. The van der Waals surface area contributed by atoms with Crippen molar-refractivity contribution >= 4 is 35.8 Å². The maximum atomic E-state index is 12.6. The van der Waals surface area contributed by atoms with Gasteiger partial charge in [-0.3, -0.25) is 14.7 Å². The van der Waals surface area contributed by atoms with Crippen molar-refractivity contribution in [2.24, 2.45) is 10.9 Å². The summed E-state index contributed by atoms with van der Waals surface area (Å²) in [5.41, 5.74) is 0. The number of hydrogen-bond donors (Lipinski definition) is 1. The number of likely N-dealkylation sites (tertiary alicyclic amines) is 1. The number of nitrogens with zero attached hydrogens (tertiary/aromatic N) is 4. The third-order valence-corrected chi connectivity index (χ3v) is 4.99. The first-order valence-electron chi connectivity index (χ1n) is 9.95. The van der Waals surface area contributed by atoms with Gasteiger partial charge < -0.3 is 19.9 Å². The molecule has 2 aliphatic heterocycles. The Hall–Kier alpha value is -0.820. The van der Waals surface area contributed by atoms with E-state index in [0.29, 0.717) is 58.4 Å². The summed E-state index contributed by atoms with van der Waals surface area (Å²) in [5.74, 6) is 0.939. The van der Waals surface area contributed by atoms with Gasteiger partial charge in [-0.1, -0.05) is 0 Å². The first-order valence-corrected chi connectivity index (χ1v) is 9.95. The number of ether oxygens (including phenoxy) is 1. The fourth-order valence-corrected chi connectivity index (χ4v) is 3.52. The number of piperidine rings is 1. The van der Waals surface area contributed by atoms with Gasteiger partial charge in [0.05, 0.1) is 26.3 Å². The van der Waals surface area contributed by atoms with Crippen LogP contribution in [0.4, 0.5) is 13.2 Å². The van der Waals surface area contributed by atoms with Crippen LogP contribution in [0.3, 0.4) is 0 Å². The molecule has 0 aromatic rings. The highest BCUT2D eigenvalue weighted by Gasteiger charge is 2.31. The quantitative estimate of drug-likeness (QED) is 0.319. The van der Waals surface area contributed by atoms with Crippen molar-refractivity contribution in [3.63, 3.8) is 0 Å². The van der Waals surface area contributed by atoms with E-state index in [2.05, 4.69) is 15.2 Å². The average Bonchev–Trinajstić information content (AvgIpc) is 2.66. The molecule has 0 aromatic carbocycles. The lowest BCUT2D eigenvalue weighted by molar-refractivity contribution is -0.143. The number of guanidine groups is 1. The number of alkyl halides is 3. The van der Waals surface area contributed by atoms with Crippen molar-refractivity contribution in [3.05, 3.63) is 0 Å². The topological polar surface area (TPSA) is 60.4 Å². The third-order valence-electron chi connectivity index (χ3n) is 4.99. The highest BCUT2D eigenvalue weighted by molar-refractivity contribution is 14.0. The van der Waals surface area contributed by atoms with E-state index in [0.717, 1.165) is 12.8 Å². The molecular weight excluding hydrogens is 502 g/mol. The zero-order valence-electron chi connectivity index (χ0n) is 17.2. The lowest BCUT2D eigenvalue weighted by Gasteiger charge is -2.36. The summed E-state index contributed by atoms with van der Waals surface area (Å²) in [5, 5.41) is 3.21. The second-order valence-corrected chi connectivity index (χ2v) is 7.29. The van der Waals surface area contributed by atoms with Gasteiger partial charge in [0.2, 0.25) is 5.91 Å². The molecule has 0 aliphatic carbocycles. The molecule has 0 saturated carbocycles. The van der Waals surface area contributed by atoms with Gasteiger partial charge >= 0.3 is 6.18 Å². The van der Waals surface area contributed by atoms with E-state index in [9.17, 15) is 18.0 Å². The van der Waals surface area contributed by atoms with Crippen molar-refractivity contribution in [2.45, 2.75) is 25.9 Å². The van der Waals surface area contributed by atoms with Crippen LogP contribution in [0.2, 0.25) is 0 Å². The first kappa shape index (κ1) is 26.2. The van der Waals surface area contributed by atoms with Crippen LogP contribution in [0.5, 0.6) is 0 Å². The number of halogens is 4. The molecule has 29 heavy (non-hydrogen) atoms. The summed E-state index contributed by atoms with van der Waals surface area (Å²) < 4.78 is 42.5. The molecule has 2 heterocycles.